The molecule has 0 aromatic rings. The van der Waals surface area contributed by atoms with Gasteiger partial charge < -0.3 is 28.1 Å². The molecule has 8 rings (SSSR count). The molecule has 82 heavy (non-hydrogen) atoms. The Morgan fingerprint density at radius 2 is 0.854 bits per heavy atom. The number of fused-ring (bicyclic) bond motifs is 10. The highest BCUT2D eigenvalue weighted by molar-refractivity contribution is 7.87. The number of carbonyl (C=O) groups excluding carboxylic acids is 10. The highest BCUT2D eigenvalue weighted by Gasteiger charge is 2.68. The van der Waals surface area contributed by atoms with Crippen molar-refractivity contribution in [3.8, 4) is 0 Å². The van der Waals surface area contributed by atoms with Crippen LogP contribution < -0.4 is 0 Å². The molecule has 0 N–H and O–H groups in total. The van der Waals surface area contributed by atoms with Crippen molar-refractivity contribution in [2.75, 3.05) is 26.4 Å². The molecule has 0 amide bonds. The van der Waals surface area contributed by atoms with Gasteiger partial charge in [0.05, 0.1) is 0 Å². The van der Waals surface area contributed by atoms with Gasteiger partial charge in [-0.25, -0.2) is 26.4 Å². The summed E-state index contributed by atoms with van der Waals surface area (Å²) in [6.45, 7) is 9.21. The Morgan fingerprint density at radius 1 is 0.524 bits per heavy atom. The van der Waals surface area contributed by atoms with Gasteiger partial charge in [0, 0.05) is 86.9 Å². The summed E-state index contributed by atoms with van der Waals surface area (Å²) in [7, 11) is -12.5. The second-order valence-corrected chi connectivity index (χ2v) is 28.4. The summed E-state index contributed by atoms with van der Waals surface area (Å²) < 4.78 is 133. The van der Waals surface area contributed by atoms with Crippen LogP contribution in [0.4, 0.5) is 17.6 Å². The Hall–Kier alpha value is -4.56. The lowest BCUT2D eigenvalue weighted by Gasteiger charge is -2.58. The summed E-state index contributed by atoms with van der Waals surface area (Å²) in [5.41, 5.74) is -1.81. The highest BCUT2D eigenvalue weighted by atomic mass is 32.2. The van der Waals surface area contributed by atoms with E-state index in [1.165, 1.54) is 0 Å². The van der Waals surface area contributed by atoms with Crippen LogP contribution in [0.2, 0.25) is 0 Å². The molecule has 0 unspecified atom stereocenters. The first-order valence-corrected chi connectivity index (χ1v) is 31.2. The number of esters is 4. The number of hydrogen-bond donors (Lipinski definition) is 0. The third-order valence-corrected chi connectivity index (χ3v) is 23.3. The van der Waals surface area contributed by atoms with E-state index < -0.39 is 91.9 Å². The van der Waals surface area contributed by atoms with Crippen molar-refractivity contribution in [3.63, 3.8) is 0 Å². The quantitative estimate of drug-likeness (QED) is 0.0469. The van der Waals surface area contributed by atoms with Crippen molar-refractivity contribution < 1.29 is 110 Å². The SMILES string of the molecule is C[C@H](CCC(=O)OCCOC(=O)C(F)(F)S(=O)(=O)[O-])[C@H]1CC[C@H]2[C@@H]3C(=O)C[C@@H]4CC(=O)CC[C@]4(C)[C@H]3CC(=O)[C@]12C.C[C@H](CCC(=O)OCCOC(=O)C(F)(F)S(=O)(=O)[O-])[C@H]1CC[C@H]2[C@@H]3C(=O)C[C@@H]4CC(=O)CC[C@]4(C)[C@H]3CC(=O)[C@]12C. The molecule has 8 aliphatic carbocycles. The van der Waals surface area contributed by atoms with Gasteiger partial charge in [-0.1, -0.05) is 41.5 Å². The maximum atomic E-state index is 13.8. The molecule has 0 saturated heterocycles. The van der Waals surface area contributed by atoms with Crippen molar-refractivity contribution in [3.05, 3.63) is 0 Å². The van der Waals surface area contributed by atoms with Gasteiger partial charge in [-0.3, -0.25) is 38.4 Å². The molecule has 0 radical (unpaired) electrons. The Labute approximate surface area is 474 Å². The molecule has 0 aromatic heterocycles. The molecule has 0 spiro atoms. The topological polar surface area (TPSA) is 322 Å². The lowest BCUT2D eigenvalue weighted by molar-refractivity contribution is -0.168. The summed E-state index contributed by atoms with van der Waals surface area (Å²) in [5, 5.41) is -10.5. The summed E-state index contributed by atoms with van der Waals surface area (Å²) in [6, 6.07) is 0. The number of Topliss-reactive ketones (excluding diaryl/α,β-unsaturated/α-hetero) is 6. The van der Waals surface area contributed by atoms with Crippen molar-refractivity contribution in [1.29, 1.82) is 0 Å². The van der Waals surface area contributed by atoms with Crippen LogP contribution in [0.1, 0.15) is 157 Å². The van der Waals surface area contributed by atoms with Crippen molar-refractivity contribution in [2.45, 2.75) is 168 Å². The predicted octanol–water partition coefficient (Wildman–Crippen LogP) is 6.43. The fraction of sp³-hybridized carbons (Fsp3) is 0.821. The van der Waals surface area contributed by atoms with E-state index in [4.69, 9.17) is 9.47 Å². The first-order valence-electron chi connectivity index (χ1n) is 28.4. The molecule has 16 atom stereocenters. The second kappa shape index (κ2) is 23.7. The van der Waals surface area contributed by atoms with Crippen LogP contribution in [0.15, 0.2) is 0 Å². The Bertz CT molecular complexity index is 2650. The number of ether oxygens (including phenoxy) is 4. The average molecular weight is 1210 g/mol. The number of rotatable bonds is 18. The van der Waals surface area contributed by atoms with Crippen LogP contribution in [-0.2, 0) is 87.1 Å². The van der Waals surface area contributed by atoms with E-state index >= 15 is 0 Å². The van der Waals surface area contributed by atoms with Crippen LogP contribution in [0.5, 0.6) is 0 Å². The van der Waals surface area contributed by atoms with Crippen LogP contribution in [0.3, 0.4) is 0 Å². The molecule has 0 bridgehead atoms. The van der Waals surface area contributed by atoms with Gasteiger partial charge in [-0.15, -0.1) is 0 Å². The number of alkyl halides is 4. The minimum absolute atomic E-state index is 0.00322. The molecule has 26 heteroatoms. The molecule has 8 aliphatic rings. The molecule has 0 heterocycles. The zero-order chi connectivity index (χ0) is 61.1. The summed E-state index contributed by atoms with van der Waals surface area (Å²) in [4.78, 5) is 126. The minimum Gasteiger partial charge on any atom is -0.743 e. The van der Waals surface area contributed by atoms with E-state index in [9.17, 15) is 91.4 Å². The predicted molar refractivity (Wildman–Crippen MR) is 272 cm³/mol. The first kappa shape index (κ1) is 65.0. The van der Waals surface area contributed by atoms with Crippen molar-refractivity contribution in [1.82, 2.24) is 0 Å². The lowest BCUT2D eigenvalue weighted by atomic mass is 9.44. The van der Waals surface area contributed by atoms with E-state index in [1.807, 2.05) is 27.7 Å². The zero-order valence-electron chi connectivity index (χ0n) is 47.0. The Morgan fingerprint density at radius 3 is 1.18 bits per heavy atom. The number of halogens is 4. The summed E-state index contributed by atoms with van der Waals surface area (Å²) in [5.74, 6) is -6.39. The highest BCUT2D eigenvalue weighted by Crippen LogP contribution is 2.68. The molecular weight excluding hydrogens is 1130 g/mol. The fourth-order valence-electron chi connectivity index (χ4n) is 17.0. The van der Waals surface area contributed by atoms with Gasteiger partial charge in [0.2, 0.25) is 0 Å². The van der Waals surface area contributed by atoms with E-state index in [0.29, 0.717) is 77.0 Å². The van der Waals surface area contributed by atoms with Gasteiger partial charge in [-0.05, 0) is 121 Å². The molecule has 0 aromatic carbocycles. The Kier molecular flexibility index (Phi) is 18.8. The molecule has 8 fully saturated rings. The molecule has 0 aliphatic heterocycles. The first-order chi connectivity index (χ1) is 37.9. The molecule has 460 valence electrons. The summed E-state index contributed by atoms with van der Waals surface area (Å²) >= 11 is 0. The van der Waals surface area contributed by atoms with Gasteiger partial charge in [-0.2, -0.15) is 17.6 Å². The van der Waals surface area contributed by atoms with Crippen LogP contribution in [0.25, 0.3) is 0 Å². The standard InChI is InChI=1S/2C28H38F2O10S/c2*1-15(4-7-23(34)39-10-11-40-25(35)28(29,30)41(36,37)38)18-5-6-19-24-20(14-22(33)27(18,19)3)26(2)9-8-17(31)12-16(26)13-21(24)32/h2*15-16,18-20,24H,4-14H2,1-3H3,(H,36,37,38)/p-2/t2*15-,16+,18-,19+,20+,24+,26+,27-/m11/s1. The van der Waals surface area contributed by atoms with Crippen molar-refractivity contribution >= 4 is 78.8 Å². The summed E-state index contributed by atoms with van der Waals surface area (Å²) in [6.07, 6.45) is 8.24. The van der Waals surface area contributed by atoms with Crippen molar-refractivity contribution in [2.24, 2.45) is 92.7 Å². The minimum atomic E-state index is -6.24. The third kappa shape index (κ3) is 11.9. The van der Waals surface area contributed by atoms with Gasteiger partial charge in [0.25, 0.3) is 0 Å². The number of hydrogen-bond acceptors (Lipinski definition) is 20. The van der Waals surface area contributed by atoms with Gasteiger partial charge in [0.15, 0.2) is 20.2 Å². The van der Waals surface area contributed by atoms with E-state index in [2.05, 4.69) is 23.3 Å². The van der Waals surface area contributed by atoms with Gasteiger partial charge >= 0.3 is 34.4 Å². The zero-order valence-corrected chi connectivity index (χ0v) is 48.6. The van der Waals surface area contributed by atoms with Gasteiger partial charge in [0.1, 0.15) is 61.1 Å². The largest absolute Gasteiger partial charge is 0.743 e. The molecule has 8 saturated carbocycles. The maximum Gasteiger partial charge on any atom is 0.428 e. The maximum absolute atomic E-state index is 13.8. The third-order valence-electron chi connectivity index (χ3n) is 21.7. The van der Waals surface area contributed by atoms with Crippen LogP contribution in [-0.4, -0.2) is 121 Å². The monoisotopic (exact) mass is 1210 g/mol. The lowest BCUT2D eigenvalue weighted by Crippen LogP contribution is -2.60. The van der Waals surface area contributed by atoms with Crippen LogP contribution in [0, 0.1) is 92.7 Å². The number of carbonyl (C=O) groups is 10. The second-order valence-electron chi connectivity index (χ2n) is 25.6. The van der Waals surface area contributed by atoms with E-state index in [-0.39, 0.29) is 129 Å². The Balaban J connectivity index is 0.000000236. The molecular formula is C56H74F4O20S2-2. The fourth-order valence-corrected chi connectivity index (χ4v) is 17.5. The number of ketones is 6. The average Bonchev–Trinajstić information content (AvgIpc) is 1.44. The normalized spacial score (nSPS) is 36.1. The molecule has 20 nitrogen and oxygen atoms in total. The van der Waals surface area contributed by atoms with Crippen LogP contribution >= 0.6 is 0 Å². The smallest absolute Gasteiger partial charge is 0.428 e. The van der Waals surface area contributed by atoms with E-state index in [1.54, 1.807) is 0 Å². The van der Waals surface area contributed by atoms with E-state index in [0.717, 1.165) is 25.7 Å².